The molecule has 2 fully saturated rings. The summed E-state index contributed by atoms with van der Waals surface area (Å²) < 4.78 is 0. The van der Waals surface area contributed by atoms with E-state index in [0.29, 0.717) is 24.8 Å². The van der Waals surface area contributed by atoms with Gasteiger partial charge in [-0.05, 0) is 54.2 Å². The Kier molecular flexibility index (Phi) is 5.58. The summed E-state index contributed by atoms with van der Waals surface area (Å²) in [6.07, 6.45) is 5.31. The fraction of sp³-hybridized carbons (Fsp3) is 0.455. The van der Waals surface area contributed by atoms with Gasteiger partial charge in [0.1, 0.15) is 0 Å². The molecule has 4 rings (SSSR count). The summed E-state index contributed by atoms with van der Waals surface area (Å²) in [4.78, 5) is 27.5. The molecule has 0 bridgehead atoms. The molecule has 1 aliphatic heterocycles. The van der Waals surface area contributed by atoms with Crippen LogP contribution in [-0.4, -0.2) is 35.8 Å². The number of hydrogen-bond donors (Lipinski definition) is 1. The van der Waals surface area contributed by atoms with Crippen LogP contribution in [0, 0.1) is 5.92 Å². The van der Waals surface area contributed by atoms with E-state index in [1.165, 1.54) is 5.56 Å². The lowest BCUT2D eigenvalue weighted by atomic mass is 9.97. The Morgan fingerprint density at radius 3 is 2.52 bits per heavy atom. The second-order valence-corrected chi connectivity index (χ2v) is 8.82. The molecule has 2 heterocycles. The molecule has 1 N–H and O–H groups in total. The first-order valence-corrected chi connectivity index (χ1v) is 10.7. The summed E-state index contributed by atoms with van der Waals surface area (Å²) in [5.41, 5.74) is 2.36. The SMILES string of the molecule is O=C(Cc1ccc(CC2CCN(C(=O)Cc3cccs3)C2)cc1)NC1CC1. The predicted octanol–water partition coefficient (Wildman–Crippen LogP) is 3.20. The van der Waals surface area contributed by atoms with Crippen LogP contribution < -0.4 is 5.32 Å². The minimum Gasteiger partial charge on any atom is -0.353 e. The van der Waals surface area contributed by atoms with Gasteiger partial charge in [-0.2, -0.15) is 0 Å². The second-order valence-electron chi connectivity index (χ2n) is 7.79. The van der Waals surface area contributed by atoms with Gasteiger partial charge in [-0.3, -0.25) is 9.59 Å². The third-order valence-corrected chi connectivity index (χ3v) is 6.27. The molecule has 0 spiro atoms. The molecule has 1 aromatic carbocycles. The maximum Gasteiger partial charge on any atom is 0.227 e. The third-order valence-electron chi connectivity index (χ3n) is 5.40. The molecule has 27 heavy (non-hydrogen) atoms. The molecule has 2 amide bonds. The van der Waals surface area contributed by atoms with Gasteiger partial charge in [-0.25, -0.2) is 0 Å². The van der Waals surface area contributed by atoms with Crippen molar-refractivity contribution in [3.05, 3.63) is 57.8 Å². The topological polar surface area (TPSA) is 49.4 Å². The first kappa shape index (κ1) is 18.2. The number of amides is 2. The molecule has 1 unspecified atom stereocenters. The Morgan fingerprint density at radius 1 is 1.04 bits per heavy atom. The van der Waals surface area contributed by atoms with Crippen molar-refractivity contribution >= 4 is 23.2 Å². The maximum atomic E-state index is 12.4. The van der Waals surface area contributed by atoms with Crippen LogP contribution in [0.2, 0.25) is 0 Å². The average Bonchev–Trinajstić information content (AvgIpc) is 3.11. The van der Waals surface area contributed by atoms with Crippen molar-refractivity contribution in [2.24, 2.45) is 5.92 Å². The number of hydrogen-bond acceptors (Lipinski definition) is 3. The first-order chi connectivity index (χ1) is 13.2. The molecule has 1 saturated carbocycles. The average molecular weight is 383 g/mol. The van der Waals surface area contributed by atoms with E-state index in [1.807, 2.05) is 22.4 Å². The minimum atomic E-state index is 0.126. The summed E-state index contributed by atoms with van der Waals surface area (Å²) in [5, 5.41) is 5.05. The highest BCUT2D eigenvalue weighted by Gasteiger charge is 2.26. The van der Waals surface area contributed by atoms with Crippen LogP contribution in [-0.2, 0) is 28.9 Å². The van der Waals surface area contributed by atoms with Gasteiger partial charge in [0.15, 0.2) is 0 Å². The molecular weight excluding hydrogens is 356 g/mol. The van der Waals surface area contributed by atoms with E-state index in [0.717, 1.165) is 49.2 Å². The highest BCUT2D eigenvalue weighted by atomic mass is 32.1. The Bertz CT molecular complexity index is 781. The number of carbonyl (C=O) groups is 2. The van der Waals surface area contributed by atoms with Crippen molar-refractivity contribution in [3.8, 4) is 0 Å². The number of nitrogens with one attached hydrogen (secondary N) is 1. The van der Waals surface area contributed by atoms with Crippen molar-refractivity contribution in [3.63, 3.8) is 0 Å². The molecule has 1 aromatic heterocycles. The van der Waals surface area contributed by atoms with Crippen LogP contribution >= 0.6 is 11.3 Å². The highest BCUT2D eigenvalue weighted by Crippen LogP contribution is 2.23. The van der Waals surface area contributed by atoms with Crippen LogP contribution in [0.25, 0.3) is 0 Å². The smallest absolute Gasteiger partial charge is 0.227 e. The molecular formula is C22H26N2O2S. The zero-order valence-electron chi connectivity index (χ0n) is 15.5. The summed E-state index contributed by atoms with van der Waals surface area (Å²) >= 11 is 1.65. The lowest BCUT2D eigenvalue weighted by molar-refractivity contribution is -0.129. The molecule has 1 aliphatic carbocycles. The van der Waals surface area contributed by atoms with Gasteiger partial charge in [-0.1, -0.05) is 30.3 Å². The van der Waals surface area contributed by atoms with Crippen molar-refractivity contribution in [2.75, 3.05) is 13.1 Å². The third kappa shape index (κ3) is 5.19. The van der Waals surface area contributed by atoms with Gasteiger partial charge < -0.3 is 10.2 Å². The van der Waals surface area contributed by atoms with Gasteiger partial charge in [0.2, 0.25) is 11.8 Å². The van der Waals surface area contributed by atoms with Gasteiger partial charge in [-0.15, -0.1) is 11.3 Å². The number of nitrogens with zero attached hydrogens (tertiary/aromatic N) is 1. The molecule has 5 heteroatoms. The van der Waals surface area contributed by atoms with E-state index in [-0.39, 0.29) is 11.8 Å². The highest BCUT2D eigenvalue weighted by molar-refractivity contribution is 7.10. The summed E-state index contributed by atoms with van der Waals surface area (Å²) in [6.45, 7) is 1.73. The molecule has 1 atom stereocenters. The Hall–Kier alpha value is -2.14. The van der Waals surface area contributed by atoms with Gasteiger partial charge >= 0.3 is 0 Å². The van der Waals surface area contributed by atoms with Crippen molar-refractivity contribution < 1.29 is 9.59 Å². The zero-order chi connectivity index (χ0) is 18.6. The second kappa shape index (κ2) is 8.26. The van der Waals surface area contributed by atoms with E-state index < -0.39 is 0 Å². The van der Waals surface area contributed by atoms with Crippen LogP contribution in [0.4, 0.5) is 0 Å². The van der Waals surface area contributed by atoms with Crippen LogP contribution in [0.1, 0.15) is 35.3 Å². The molecule has 2 aliphatic rings. The van der Waals surface area contributed by atoms with Crippen molar-refractivity contribution in [1.82, 2.24) is 10.2 Å². The normalized spacial score (nSPS) is 19.3. The van der Waals surface area contributed by atoms with E-state index in [2.05, 4.69) is 29.6 Å². The lowest BCUT2D eigenvalue weighted by Gasteiger charge is -2.16. The lowest BCUT2D eigenvalue weighted by Crippen LogP contribution is -2.30. The maximum absolute atomic E-state index is 12.4. The van der Waals surface area contributed by atoms with Crippen LogP contribution in [0.5, 0.6) is 0 Å². The molecule has 1 saturated heterocycles. The number of thiophene rings is 1. The number of benzene rings is 1. The van der Waals surface area contributed by atoms with E-state index in [1.54, 1.807) is 11.3 Å². The largest absolute Gasteiger partial charge is 0.353 e. The fourth-order valence-corrected chi connectivity index (χ4v) is 4.41. The summed E-state index contributed by atoms with van der Waals surface area (Å²) in [7, 11) is 0. The number of carbonyl (C=O) groups excluding carboxylic acids is 2. The van der Waals surface area contributed by atoms with Crippen LogP contribution in [0.3, 0.4) is 0 Å². The fourth-order valence-electron chi connectivity index (χ4n) is 3.72. The minimum absolute atomic E-state index is 0.126. The van der Waals surface area contributed by atoms with Crippen LogP contribution in [0.15, 0.2) is 41.8 Å². The monoisotopic (exact) mass is 382 g/mol. The molecule has 2 aromatic rings. The number of rotatable bonds is 7. The van der Waals surface area contributed by atoms with Gasteiger partial charge in [0.25, 0.3) is 0 Å². The molecule has 0 radical (unpaired) electrons. The van der Waals surface area contributed by atoms with E-state index in [4.69, 9.17) is 0 Å². The van der Waals surface area contributed by atoms with Gasteiger partial charge in [0.05, 0.1) is 12.8 Å². The van der Waals surface area contributed by atoms with E-state index >= 15 is 0 Å². The van der Waals surface area contributed by atoms with Gasteiger partial charge in [0, 0.05) is 24.0 Å². The predicted molar refractivity (Wildman–Crippen MR) is 108 cm³/mol. The Labute approximate surface area is 164 Å². The zero-order valence-corrected chi connectivity index (χ0v) is 16.3. The van der Waals surface area contributed by atoms with Crippen molar-refractivity contribution in [1.29, 1.82) is 0 Å². The summed E-state index contributed by atoms with van der Waals surface area (Å²) in [6, 6.07) is 12.9. The first-order valence-electron chi connectivity index (χ1n) is 9.83. The Morgan fingerprint density at radius 2 is 1.81 bits per heavy atom. The number of likely N-dealkylation sites (tertiary alicyclic amines) is 1. The molecule has 142 valence electrons. The quantitative estimate of drug-likeness (QED) is 0.799. The van der Waals surface area contributed by atoms with E-state index in [9.17, 15) is 9.59 Å². The molecule has 4 nitrogen and oxygen atoms in total. The standard InChI is InChI=1S/C22H26N2O2S/c25-21(23-19-7-8-19)13-17-5-3-16(4-6-17)12-18-9-10-24(15-18)22(26)14-20-2-1-11-27-20/h1-6,11,18-19H,7-10,12-15H2,(H,23,25). The Balaban J connectivity index is 1.24. The summed E-state index contributed by atoms with van der Waals surface area (Å²) in [5.74, 6) is 0.902. The van der Waals surface area contributed by atoms with Crippen molar-refractivity contribution in [2.45, 2.75) is 44.6 Å².